The Labute approximate surface area is 214 Å². The summed E-state index contributed by atoms with van der Waals surface area (Å²) in [4.78, 5) is 13.0. The first-order valence-corrected chi connectivity index (χ1v) is 12.8. The van der Waals surface area contributed by atoms with Crippen LogP contribution in [0.25, 0.3) is 0 Å². The van der Waals surface area contributed by atoms with Gasteiger partial charge in [0.25, 0.3) is 0 Å². The molecule has 1 atom stereocenters. The van der Waals surface area contributed by atoms with Gasteiger partial charge in [-0.25, -0.2) is 8.42 Å². The zero-order valence-electron chi connectivity index (χ0n) is 18.5. The quantitative estimate of drug-likeness (QED) is 0.376. The van der Waals surface area contributed by atoms with E-state index in [1.54, 1.807) is 38.3 Å². The van der Waals surface area contributed by atoms with Crippen LogP contribution in [0.2, 0.25) is 15.1 Å². The molecule has 0 aliphatic rings. The highest BCUT2D eigenvalue weighted by atomic mass is 35.5. The zero-order chi connectivity index (χ0) is 24.9. The molecule has 180 valence electrons. The largest absolute Gasteiger partial charge is 0.496 e. The van der Waals surface area contributed by atoms with Gasteiger partial charge >= 0.3 is 0 Å². The summed E-state index contributed by atoms with van der Waals surface area (Å²) in [6.45, 7) is 1.30. The van der Waals surface area contributed by atoms with Crippen LogP contribution < -0.4 is 10.1 Å². The van der Waals surface area contributed by atoms with E-state index in [1.807, 2.05) is 18.2 Å². The Morgan fingerprint density at radius 3 is 2.32 bits per heavy atom. The summed E-state index contributed by atoms with van der Waals surface area (Å²) in [6.07, 6.45) is 0. The summed E-state index contributed by atoms with van der Waals surface area (Å²) in [5, 5.41) is 3.89. The number of carbonyl (C=O) groups is 1. The fourth-order valence-corrected chi connectivity index (χ4v) is 5.20. The predicted molar refractivity (Wildman–Crippen MR) is 135 cm³/mol. The molecule has 0 fully saturated rings. The lowest BCUT2D eigenvalue weighted by molar-refractivity contribution is -0.122. The molecule has 1 amide bonds. The number of benzene rings is 3. The highest BCUT2D eigenvalue weighted by Crippen LogP contribution is 2.27. The van der Waals surface area contributed by atoms with Gasteiger partial charge in [-0.3, -0.25) is 4.79 Å². The number of para-hydroxylation sites is 1. The van der Waals surface area contributed by atoms with E-state index >= 15 is 0 Å². The van der Waals surface area contributed by atoms with Crippen molar-refractivity contribution in [2.75, 3.05) is 13.7 Å². The monoisotopic (exact) mass is 540 g/mol. The highest BCUT2D eigenvalue weighted by Gasteiger charge is 2.28. The van der Waals surface area contributed by atoms with Crippen molar-refractivity contribution in [3.8, 4) is 5.75 Å². The van der Waals surface area contributed by atoms with Gasteiger partial charge in [0.1, 0.15) is 5.75 Å². The van der Waals surface area contributed by atoms with Crippen molar-refractivity contribution in [3.63, 3.8) is 0 Å². The standard InChI is InChI=1S/C24H23Cl3N2O4S/c1-16(20-5-3-4-6-23(20)33-2)28-24(30)15-29(14-17-7-12-21(26)22(27)13-17)34(31,32)19-10-8-18(25)9-11-19/h3-13,16H,14-15H2,1-2H3,(H,28,30). The molecule has 3 aromatic carbocycles. The molecule has 0 aromatic heterocycles. The number of halogens is 3. The lowest BCUT2D eigenvalue weighted by Gasteiger charge is -2.24. The van der Waals surface area contributed by atoms with E-state index in [0.717, 1.165) is 9.87 Å². The Bertz CT molecular complexity index is 1270. The third kappa shape index (κ3) is 6.43. The second-order valence-corrected chi connectivity index (χ2v) is 10.7. The Morgan fingerprint density at radius 1 is 1.00 bits per heavy atom. The topological polar surface area (TPSA) is 75.7 Å². The van der Waals surface area contributed by atoms with Crippen LogP contribution in [-0.4, -0.2) is 32.3 Å². The number of amides is 1. The van der Waals surface area contributed by atoms with Crippen LogP contribution in [0.3, 0.4) is 0 Å². The molecule has 0 spiro atoms. The van der Waals surface area contributed by atoms with Crippen molar-refractivity contribution in [2.45, 2.75) is 24.4 Å². The van der Waals surface area contributed by atoms with Gasteiger partial charge in [0.15, 0.2) is 0 Å². The van der Waals surface area contributed by atoms with Crippen molar-refractivity contribution < 1.29 is 17.9 Å². The van der Waals surface area contributed by atoms with Crippen LogP contribution in [0, 0.1) is 0 Å². The number of nitrogens with one attached hydrogen (secondary N) is 1. The molecule has 3 aromatic rings. The summed E-state index contributed by atoms with van der Waals surface area (Å²) < 4.78 is 33.3. The summed E-state index contributed by atoms with van der Waals surface area (Å²) in [7, 11) is -2.49. The molecule has 0 heterocycles. The van der Waals surface area contributed by atoms with Crippen molar-refractivity contribution in [1.29, 1.82) is 0 Å². The zero-order valence-corrected chi connectivity index (χ0v) is 21.5. The molecular weight excluding hydrogens is 519 g/mol. The second-order valence-electron chi connectivity index (χ2n) is 7.51. The van der Waals surface area contributed by atoms with Gasteiger partial charge in [-0.2, -0.15) is 4.31 Å². The van der Waals surface area contributed by atoms with Crippen LogP contribution in [0.4, 0.5) is 0 Å². The lowest BCUT2D eigenvalue weighted by Crippen LogP contribution is -2.41. The van der Waals surface area contributed by atoms with Gasteiger partial charge in [-0.15, -0.1) is 0 Å². The molecule has 0 radical (unpaired) electrons. The van der Waals surface area contributed by atoms with Gasteiger partial charge in [-0.05, 0) is 55.0 Å². The minimum Gasteiger partial charge on any atom is -0.496 e. The number of nitrogens with zero attached hydrogens (tertiary/aromatic N) is 1. The van der Waals surface area contributed by atoms with E-state index in [4.69, 9.17) is 39.5 Å². The summed E-state index contributed by atoms with van der Waals surface area (Å²) in [5.41, 5.74) is 1.35. The Morgan fingerprint density at radius 2 is 1.68 bits per heavy atom. The number of ether oxygens (including phenoxy) is 1. The molecule has 0 aliphatic heterocycles. The SMILES string of the molecule is COc1ccccc1C(C)NC(=O)CN(Cc1ccc(Cl)c(Cl)c1)S(=O)(=O)c1ccc(Cl)cc1. The maximum absolute atomic E-state index is 13.4. The molecule has 6 nitrogen and oxygen atoms in total. The minimum atomic E-state index is -4.03. The number of sulfonamides is 1. The maximum Gasteiger partial charge on any atom is 0.243 e. The number of hydrogen-bond donors (Lipinski definition) is 1. The third-order valence-electron chi connectivity index (χ3n) is 5.10. The molecule has 34 heavy (non-hydrogen) atoms. The molecule has 0 saturated carbocycles. The van der Waals surface area contributed by atoms with Crippen molar-refractivity contribution in [1.82, 2.24) is 9.62 Å². The molecule has 0 aliphatic carbocycles. The number of methoxy groups -OCH3 is 1. The molecular formula is C24H23Cl3N2O4S. The van der Waals surface area contributed by atoms with Crippen LogP contribution in [0.1, 0.15) is 24.1 Å². The van der Waals surface area contributed by atoms with Crippen molar-refractivity contribution >= 4 is 50.7 Å². The van der Waals surface area contributed by atoms with Gasteiger partial charge in [0, 0.05) is 17.1 Å². The van der Waals surface area contributed by atoms with Crippen molar-refractivity contribution in [3.05, 3.63) is 92.9 Å². The molecule has 10 heteroatoms. The molecule has 1 unspecified atom stereocenters. The normalized spacial score (nSPS) is 12.4. The van der Waals surface area contributed by atoms with Crippen LogP contribution in [-0.2, 0) is 21.4 Å². The van der Waals surface area contributed by atoms with E-state index in [9.17, 15) is 13.2 Å². The Balaban J connectivity index is 1.87. The second kappa shape index (κ2) is 11.4. The average Bonchev–Trinajstić information content (AvgIpc) is 2.81. The minimum absolute atomic E-state index is 0.0162. The van der Waals surface area contributed by atoms with Gasteiger partial charge in [-0.1, -0.05) is 59.1 Å². The Kier molecular flexibility index (Phi) is 8.84. The smallest absolute Gasteiger partial charge is 0.243 e. The molecule has 1 N–H and O–H groups in total. The van der Waals surface area contributed by atoms with E-state index in [1.165, 1.54) is 24.3 Å². The summed E-state index contributed by atoms with van der Waals surface area (Å²) in [6, 6.07) is 17.5. The van der Waals surface area contributed by atoms with Crippen LogP contribution >= 0.6 is 34.8 Å². The maximum atomic E-state index is 13.4. The molecule has 0 bridgehead atoms. The number of carbonyl (C=O) groups excluding carboxylic acids is 1. The van der Waals surface area contributed by atoms with Crippen LogP contribution in [0.15, 0.2) is 71.6 Å². The summed E-state index contributed by atoms with van der Waals surface area (Å²) in [5.74, 6) is 0.146. The predicted octanol–water partition coefficient (Wildman–Crippen LogP) is 5.72. The first-order chi connectivity index (χ1) is 16.1. The van der Waals surface area contributed by atoms with E-state index < -0.39 is 28.5 Å². The average molecular weight is 542 g/mol. The van der Waals surface area contributed by atoms with Gasteiger partial charge < -0.3 is 10.1 Å². The van der Waals surface area contributed by atoms with Gasteiger partial charge in [0.2, 0.25) is 15.9 Å². The lowest BCUT2D eigenvalue weighted by atomic mass is 10.1. The number of hydrogen-bond acceptors (Lipinski definition) is 4. The fourth-order valence-electron chi connectivity index (χ4n) is 3.37. The van der Waals surface area contributed by atoms with E-state index in [2.05, 4.69) is 5.32 Å². The molecule has 0 saturated heterocycles. The first-order valence-electron chi connectivity index (χ1n) is 10.2. The molecule has 3 rings (SSSR count). The summed E-state index contributed by atoms with van der Waals surface area (Å²) >= 11 is 18.0. The van der Waals surface area contributed by atoms with Crippen LogP contribution in [0.5, 0.6) is 5.75 Å². The van der Waals surface area contributed by atoms with Gasteiger partial charge in [0.05, 0.1) is 34.6 Å². The first kappa shape index (κ1) is 26.3. The fraction of sp³-hybridized carbons (Fsp3) is 0.208. The highest BCUT2D eigenvalue weighted by molar-refractivity contribution is 7.89. The number of rotatable bonds is 9. The third-order valence-corrected chi connectivity index (χ3v) is 7.89. The van der Waals surface area contributed by atoms with E-state index in [-0.39, 0.29) is 16.5 Å². The van der Waals surface area contributed by atoms with Crippen molar-refractivity contribution in [2.24, 2.45) is 0 Å². The van der Waals surface area contributed by atoms with E-state index in [0.29, 0.717) is 21.4 Å². The Hall–Kier alpha value is -2.29.